The number of rotatable bonds is 6. The predicted octanol–water partition coefficient (Wildman–Crippen LogP) is 2.45. The fraction of sp³-hybridized carbons (Fsp3) is 0.500. The van der Waals surface area contributed by atoms with E-state index in [1.165, 1.54) is 11.1 Å². The molecule has 0 saturated carbocycles. The summed E-state index contributed by atoms with van der Waals surface area (Å²) in [6, 6.07) is 6.20. The van der Waals surface area contributed by atoms with Gasteiger partial charge in [0.05, 0.1) is 13.7 Å². The molecule has 0 fully saturated rings. The number of methoxy groups -OCH3 is 1. The van der Waals surface area contributed by atoms with Crippen molar-refractivity contribution in [2.45, 2.75) is 26.3 Å². The highest BCUT2D eigenvalue weighted by Crippen LogP contribution is 2.27. The molecule has 0 radical (unpaired) electrons. The molecule has 0 saturated heterocycles. The first kappa shape index (κ1) is 13.7. The van der Waals surface area contributed by atoms with E-state index in [0.717, 1.165) is 18.6 Å². The number of nitrogens with zero attached hydrogens (tertiary/aromatic N) is 1. The Morgan fingerprint density at radius 1 is 1.41 bits per heavy atom. The largest absolute Gasteiger partial charge is 0.496 e. The van der Waals surface area contributed by atoms with Crippen LogP contribution < -0.4 is 4.74 Å². The number of hydrogen-bond acceptors (Lipinski definition) is 3. The van der Waals surface area contributed by atoms with Gasteiger partial charge in [0.2, 0.25) is 0 Å². The first-order chi connectivity index (χ1) is 8.08. The Balaban J connectivity index is 2.88. The van der Waals surface area contributed by atoms with E-state index in [9.17, 15) is 4.79 Å². The highest BCUT2D eigenvalue weighted by molar-refractivity contribution is 5.52. The Morgan fingerprint density at radius 3 is 2.65 bits per heavy atom. The molecule has 1 aromatic carbocycles. The second kappa shape index (κ2) is 6.40. The fourth-order valence-electron chi connectivity index (χ4n) is 1.84. The number of ether oxygens (including phenoxy) is 1. The molecule has 0 aliphatic carbocycles. The van der Waals surface area contributed by atoms with Crippen molar-refractivity contribution in [2.75, 3.05) is 20.7 Å². The van der Waals surface area contributed by atoms with Crippen LogP contribution in [0.3, 0.4) is 0 Å². The summed E-state index contributed by atoms with van der Waals surface area (Å²) in [5.74, 6) is 1.36. The molecule has 0 bridgehead atoms. The average Bonchev–Trinajstić information content (AvgIpc) is 2.29. The van der Waals surface area contributed by atoms with E-state index in [0.29, 0.717) is 12.5 Å². The van der Waals surface area contributed by atoms with Gasteiger partial charge >= 0.3 is 0 Å². The lowest BCUT2D eigenvalue weighted by molar-refractivity contribution is -0.108. The van der Waals surface area contributed by atoms with Gasteiger partial charge in [-0.3, -0.25) is 4.90 Å². The summed E-state index contributed by atoms with van der Waals surface area (Å²) in [6.07, 6.45) is 0.923. The van der Waals surface area contributed by atoms with Crippen molar-refractivity contribution < 1.29 is 9.53 Å². The molecule has 3 heteroatoms. The second-order valence-corrected chi connectivity index (χ2v) is 4.59. The van der Waals surface area contributed by atoms with E-state index in [1.807, 2.05) is 24.1 Å². The minimum absolute atomic E-state index is 0.432. The number of carbonyl (C=O) groups is 1. The van der Waals surface area contributed by atoms with Crippen molar-refractivity contribution in [3.8, 4) is 5.75 Å². The van der Waals surface area contributed by atoms with Crippen LogP contribution in [0.1, 0.15) is 30.9 Å². The van der Waals surface area contributed by atoms with E-state index in [-0.39, 0.29) is 0 Å². The third kappa shape index (κ3) is 3.86. The number of likely N-dealkylation sites (N-methyl/N-ethyl adjacent to an activating group) is 1. The van der Waals surface area contributed by atoms with E-state index < -0.39 is 0 Å². The van der Waals surface area contributed by atoms with Gasteiger partial charge in [-0.2, -0.15) is 0 Å². The lowest BCUT2D eigenvalue weighted by Gasteiger charge is -2.17. The van der Waals surface area contributed by atoms with Crippen molar-refractivity contribution >= 4 is 6.29 Å². The SMILES string of the molecule is COc1ccc(CN(C)CC=O)cc1C(C)C. The third-order valence-corrected chi connectivity index (χ3v) is 2.75. The van der Waals surface area contributed by atoms with Crippen molar-refractivity contribution in [3.05, 3.63) is 29.3 Å². The zero-order valence-corrected chi connectivity index (χ0v) is 11.1. The summed E-state index contributed by atoms with van der Waals surface area (Å²) in [6.45, 7) is 5.54. The topological polar surface area (TPSA) is 29.5 Å². The molecular weight excluding hydrogens is 214 g/mol. The van der Waals surface area contributed by atoms with Crippen LogP contribution in [-0.4, -0.2) is 31.9 Å². The molecule has 17 heavy (non-hydrogen) atoms. The van der Waals surface area contributed by atoms with E-state index >= 15 is 0 Å². The molecule has 0 N–H and O–H groups in total. The molecule has 0 aromatic heterocycles. The van der Waals surface area contributed by atoms with Gasteiger partial charge in [0, 0.05) is 6.54 Å². The first-order valence-electron chi connectivity index (χ1n) is 5.87. The summed E-state index contributed by atoms with van der Waals surface area (Å²) in [4.78, 5) is 12.4. The van der Waals surface area contributed by atoms with Gasteiger partial charge in [-0.1, -0.05) is 26.0 Å². The molecule has 1 aromatic rings. The summed E-state index contributed by atoms with van der Waals surface area (Å²) in [5, 5.41) is 0. The van der Waals surface area contributed by atoms with Gasteiger partial charge in [0.1, 0.15) is 12.0 Å². The zero-order chi connectivity index (χ0) is 12.8. The molecule has 0 spiro atoms. The lowest BCUT2D eigenvalue weighted by atomic mass is 9.99. The monoisotopic (exact) mass is 235 g/mol. The zero-order valence-electron chi connectivity index (χ0n) is 11.1. The standard InChI is InChI=1S/C14H21NO2/c1-11(2)13-9-12(5-6-14(13)17-4)10-15(3)7-8-16/h5-6,8-9,11H,7,10H2,1-4H3. The summed E-state index contributed by atoms with van der Waals surface area (Å²) >= 11 is 0. The van der Waals surface area contributed by atoms with Gasteiger partial charge in [-0.15, -0.1) is 0 Å². The summed E-state index contributed by atoms with van der Waals surface area (Å²) in [5.41, 5.74) is 2.42. The smallest absolute Gasteiger partial charge is 0.133 e. The van der Waals surface area contributed by atoms with E-state index in [4.69, 9.17) is 4.74 Å². The third-order valence-electron chi connectivity index (χ3n) is 2.75. The number of aldehydes is 1. The van der Waals surface area contributed by atoms with Crippen LogP contribution in [-0.2, 0) is 11.3 Å². The highest BCUT2D eigenvalue weighted by Gasteiger charge is 2.09. The summed E-state index contributed by atoms with van der Waals surface area (Å²) in [7, 11) is 3.63. The minimum Gasteiger partial charge on any atom is -0.496 e. The van der Waals surface area contributed by atoms with Crippen LogP contribution in [0.25, 0.3) is 0 Å². The van der Waals surface area contributed by atoms with Crippen LogP contribution in [0, 0.1) is 0 Å². The molecule has 0 aliphatic heterocycles. The maximum Gasteiger partial charge on any atom is 0.133 e. The Kier molecular flexibility index (Phi) is 5.16. The van der Waals surface area contributed by atoms with Crippen LogP contribution in [0.5, 0.6) is 5.75 Å². The molecule has 0 unspecified atom stereocenters. The van der Waals surface area contributed by atoms with Crippen molar-refractivity contribution in [1.82, 2.24) is 4.90 Å². The van der Waals surface area contributed by atoms with Crippen LogP contribution >= 0.6 is 0 Å². The molecule has 3 nitrogen and oxygen atoms in total. The van der Waals surface area contributed by atoms with Gasteiger partial charge in [0.15, 0.2) is 0 Å². The number of benzene rings is 1. The quantitative estimate of drug-likeness (QED) is 0.709. The lowest BCUT2D eigenvalue weighted by Crippen LogP contribution is -2.19. The first-order valence-corrected chi connectivity index (χ1v) is 5.87. The average molecular weight is 235 g/mol. The van der Waals surface area contributed by atoms with Gasteiger partial charge in [-0.25, -0.2) is 0 Å². The second-order valence-electron chi connectivity index (χ2n) is 4.59. The molecule has 0 amide bonds. The molecule has 0 heterocycles. The molecular formula is C14H21NO2. The Bertz CT molecular complexity index is 374. The van der Waals surface area contributed by atoms with Gasteiger partial charge < -0.3 is 9.53 Å². The maximum absolute atomic E-state index is 10.4. The minimum atomic E-state index is 0.432. The van der Waals surface area contributed by atoms with Gasteiger partial charge in [0.25, 0.3) is 0 Å². The van der Waals surface area contributed by atoms with E-state index in [2.05, 4.69) is 19.9 Å². The van der Waals surface area contributed by atoms with Crippen molar-refractivity contribution in [1.29, 1.82) is 0 Å². The number of hydrogen-bond donors (Lipinski definition) is 0. The predicted molar refractivity (Wildman–Crippen MR) is 69.5 cm³/mol. The summed E-state index contributed by atoms with van der Waals surface area (Å²) < 4.78 is 5.34. The molecule has 1 rings (SSSR count). The van der Waals surface area contributed by atoms with Crippen LogP contribution in [0.15, 0.2) is 18.2 Å². The Morgan fingerprint density at radius 2 is 2.12 bits per heavy atom. The van der Waals surface area contributed by atoms with Crippen LogP contribution in [0.2, 0.25) is 0 Å². The van der Waals surface area contributed by atoms with E-state index in [1.54, 1.807) is 7.11 Å². The van der Waals surface area contributed by atoms with Gasteiger partial charge in [-0.05, 0) is 30.2 Å². The van der Waals surface area contributed by atoms with Crippen molar-refractivity contribution in [2.24, 2.45) is 0 Å². The molecule has 0 atom stereocenters. The fourth-order valence-corrected chi connectivity index (χ4v) is 1.84. The molecule has 94 valence electrons. The number of carbonyl (C=O) groups excluding carboxylic acids is 1. The molecule has 0 aliphatic rings. The van der Waals surface area contributed by atoms with Crippen LogP contribution in [0.4, 0.5) is 0 Å². The normalized spacial score (nSPS) is 10.9. The van der Waals surface area contributed by atoms with Crippen molar-refractivity contribution in [3.63, 3.8) is 0 Å². The Hall–Kier alpha value is -1.35. The maximum atomic E-state index is 10.4. The Labute approximate surface area is 103 Å². The highest BCUT2D eigenvalue weighted by atomic mass is 16.5.